The van der Waals surface area contributed by atoms with Crippen LogP contribution in [0.5, 0.6) is 0 Å². The average Bonchev–Trinajstić information content (AvgIpc) is 2.32. The van der Waals surface area contributed by atoms with Gasteiger partial charge in [0.1, 0.15) is 0 Å². The van der Waals surface area contributed by atoms with Gasteiger partial charge in [0.05, 0.1) is 0 Å². The summed E-state index contributed by atoms with van der Waals surface area (Å²) in [7, 11) is 0. The number of aromatic nitrogens is 1. The highest BCUT2D eigenvalue weighted by atomic mass is 35.5. The first-order valence-corrected chi connectivity index (χ1v) is 6.37. The fourth-order valence-electron chi connectivity index (χ4n) is 1.97. The summed E-state index contributed by atoms with van der Waals surface area (Å²) in [6.07, 6.45) is 2.53. The van der Waals surface area contributed by atoms with Crippen molar-refractivity contribution >= 4 is 11.6 Å². The number of aryl methyl sites for hydroxylation is 2. The molecule has 0 saturated carbocycles. The van der Waals surface area contributed by atoms with Gasteiger partial charge in [0.2, 0.25) is 0 Å². The maximum atomic E-state index is 6.22. The topological polar surface area (TPSA) is 38.9 Å². The van der Waals surface area contributed by atoms with Gasteiger partial charge in [-0.3, -0.25) is 4.98 Å². The number of nitrogens with two attached hydrogens (primary N) is 1. The van der Waals surface area contributed by atoms with E-state index in [0.717, 1.165) is 33.8 Å². The molecule has 2 N–H and O–H groups in total. The Balaban J connectivity index is 2.18. The standard InChI is InChI=1S/C15H17ClN2/c1-10-3-4-12(14(16)7-10)9-15(17)13-5-6-18-11(2)8-13/h3-8,15H,9,17H2,1-2H3. The molecule has 2 rings (SSSR count). The fraction of sp³-hybridized carbons (Fsp3) is 0.267. The van der Waals surface area contributed by atoms with Gasteiger partial charge in [-0.2, -0.15) is 0 Å². The molecule has 3 heteroatoms. The van der Waals surface area contributed by atoms with Crippen molar-refractivity contribution in [1.82, 2.24) is 4.98 Å². The Labute approximate surface area is 113 Å². The molecule has 0 fully saturated rings. The summed E-state index contributed by atoms with van der Waals surface area (Å²) >= 11 is 6.22. The molecule has 1 atom stereocenters. The van der Waals surface area contributed by atoms with Gasteiger partial charge in [-0.1, -0.05) is 23.7 Å². The van der Waals surface area contributed by atoms with Gasteiger partial charge in [-0.05, 0) is 55.2 Å². The zero-order chi connectivity index (χ0) is 13.1. The lowest BCUT2D eigenvalue weighted by atomic mass is 9.99. The van der Waals surface area contributed by atoms with E-state index in [1.54, 1.807) is 6.20 Å². The lowest BCUT2D eigenvalue weighted by Crippen LogP contribution is -2.14. The highest BCUT2D eigenvalue weighted by molar-refractivity contribution is 6.31. The molecule has 1 aromatic heterocycles. The van der Waals surface area contributed by atoms with Crippen LogP contribution in [0.15, 0.2) is 36.5 Å². The van der Waals surface area contributed by atoms with Gasteiger partial charge in [0.15, 0.2) is 0 Å². The van der Waals surface area contributed by atoms with Crippen LogP contribution < -0.4 is 5.73 Å². The minimum Gasteiger partial charge on any atom is -0.324 e. The Morgan fingerprint density at radius 2 is 2.00 bits per heavy atom. The van der Waals surface area contributed by atoms with Crippen molar-refractivity contribution in [3.63, 3.8) is 0 Å². The van der Waals surface area contributed by atoms with Crippen molar-refractivity contribution in [1.29, 1.82) is 0 Å². The number of benzene rings is 1. The molecule has 0 radical (unpaired) electrons. The largest absolute Gasteiger partial charge is 0.324 e. The Morgan fingerprint density at radius 3 is 2.67 bits per heavy atom. The Morgan fingerprint density at radius 1 is 1.22 bits per heavy atom. The highest BCUT2D eigenvalue weighted by Crippen LogP contribution is 2.23. The molecule has 0 aliphatic heterocycles. The Hall–Kier alpha value is -1.38. The molecule has 1 unspecified atom stereocenters. The Kier molecular flexibility index (Phi) is 4.00. The first-order chi connectivity index (χ1) is 8.56. The molecule has 2 aromatic rings. The Bertz CT molecular complexity index is 552. The minimum atomic E-state index is -0.0492. The summed E-state index contributed by atoms with van der Waals surface area (Å²) in [6.45, 7) is 4.00. The summed E-state index contributed by atoms with van der Waals surface area (Å²) in [6, 6.07) is 10.0. The summed E-state index contributed by atoms with van der Waals surface area (Å²) < 4.78 is 0. The van der Waals surface area contributed by atoms with E-state index in [1.165, 1.54) is 0 Å². The second kappa shape index (κ2) is 5.51. The molecule has 1 aromatic carbocycles. The number of rotatable bonds is 3. The van der Waals surface area contributed by atoms with Crippen molar-refractivity contribution in [3.05, 3.63) is 63.9 Å². The van der Waals surface area contributed by atoms with Crippen LogP contribution in [-0.4, -0.2) is 4.98 Å². The van der Waals surface area contributed by atoms with Crippen molar-refractivity contribution in [2.24, 2.45) is 5.73 Å². The van der Waals surface area contributed by atoms with Gasteiger partial charge >= 0.3 is 0 Å². The zero-order valence-electron chi connectivity index (χ0n) is 10.7. The van der Waals surface area contributed by atoms with E-state index in [1.807, 2.05) is 38.1 Å². The molecular formula is C15H17ClN2. The highest BCUT2D eigenvalue weighted by Gasteiger charge is 2.10. The number of pyridine rings is 1. The van der Waals surface area contributed by atoms with Crippen LogP contribution >= 0.6 is 11.6 Å². The van der Waals surface area contributed by atoms with Crippen LogP contribution in [0.4, 0.5) is 0 Å². The number of hydrogen-bond acceptors (Lipinski definition) is 2. The van der Waals surface area contributed by atoms with Crippen molar-refractivity contribution in [3.8, 4) is 0 Å². The van der Waals surface area contributed by atoms with E-state index in [2.05, 4.69) is 11.1 Å². The van der Waals surface area contributed by atoms with E-state index in [0.29, 0.717) is 0 Å². The van der Waals surface area contributed by atoms with Crippen LogP contribution in [0.25, 0.3) is 0 Å². The van der Waals surface area contributed by atoms with Gasteiger partial charge < -0.3 is 5.73 Å². The van der Waals surface area contributed by atoms with Crippen LogP contribution in [0.1, 0.15) is 28.4 Å². The lowest BCUT2D eigenvalue weighted by Gasteiger charge is -2.14. The summed E-state index contributed by atoms with van der Waals surface area (Å²) in [5.74, 6) is 0. The van der Waals surface area contributed by atoms with Gasteiger partial charge in [0, 0.05) is 23.0 Å². The van der Waals surface area contributed by atoms with Crippen molar-refractivity contribution < 1.29 is 0 Å². The predicted octanol–water partition coefficient (Wildman–Crippen LogP) is 3.59. The maximum Gasteiger partial charge on any atom is 0.0441 e. The first-order valence-electron chi connectivity index (χ1n) is 5.99. The second-order valence-electron chi connectivity index (χ2n) is 4.64. The average molecular weight is 261 g/mol. The van der Waals surface area contributed by atoms with Crippen LogP contribution in [-0.2, 0) is 6.42 Å². The summed E-state index contributed by atoms with van der Waals surface area (Å²) in [4.78, 5) is 4.18. The summed E-state index contributed by atoms with van der Waals surface area (Å²) in [5.41, 5.74) is 10.5. The third-order valence-electron chi connectivity index (χ3n) is 3.00. The molecule has 1 heterocycles. The van der Waals surface area contributed by atoms with Crippen molar-refractivity contribution in [2.45, 2.75) is 26.3 Å². The number of hydrogen-bond donors (Lipinski definition) is 1. The molecule has 0 bridgehead atoms. The second-order valence-corrected chi connectivity index (χ2v) is 5.04. The number of nitrogens with zero attached hydrogens (tertiary/aromatic N) is 1. The van der Waals surface area contributed by atoms with E-state index in [4.69, 9.17) is 17.3 Å². The smallest absolute Gasteiger partial charge is 0.0441 e. The molecular weight excluding hydrogens is 244 g/mol. The van der Waals surface area contributed by atoms with Gasteiger partial charge in [-0.25, -0.2) is 0 Å². The lowest BCUT2D eigenvalue weighted by molar-refractivity contribution is 0.719. The van der Waals surface area contributed by atoms with Gasteiger partial charge in [0.25, 0.3) is 0 Å². The fourth-order valence-corrected chi connectivity index (χ4v) is 2.28. The molecule has 94 valence electrons. The normalized spacial score (nSPS) is 12.4. The van der Waals surface area contributed by atoms with E-state index in [9.17, 15) is 0 Å². The first kappa shape index (κ1) is 13.1. The molecule has 0 aliphatic carbocycles. The van der Waals surface area contributed by atoms with Crippen LogP contribution in [0.2, 0.25) is 5.02 Å². The monoisotopic (exact) mass is 260 g/mol. The molecule has 0 amide bonds. The third kappa shape index (κ3) is 3.09. The third-order valence-corrected chi connectivity index (χ3v) is 3.35. The molecule has 0 saturated heterocycles. The quantitative estimate of drug-likeness (QED) is 0.916. The van der Waals surface area contributed by atoms with E-state index >= 15 is 0 Å². The van der Waals surface area contributed by atoms with Gasteiger partial charge in [-0.15, -0.1) is 0 Å². The molecule has 2 nitrogen and oxygen atoms in total. The summed E-state index contributed by atoms with van der Waals surface area (Å²) in [5, 5.41) is 0.788. The van der Waals surface area contributed by atoms with Crippen LogP contribution in [0.3, 0.4) is 0 Å². The molecule has 0 spiro atoms. The van der Waals surface area contributed by atoms with Crippen molar-refractivity contribution in [2.75, 3.05) is 0 Å². The zero-order valence-corrected chi connectivity index (χ0v) is 11.4. The maximum absolute atomic E-state index is 6.22. The number of halogens is 1. The van der Waals surface area contributed by atoms with Crippen LogP contribution in [0, 0.1) is 13.8 Å². The molecule has 18 heavy (non-hydrogen) atoms. The predicted molar refractivity (Wildman–Crippen MR) is 75.8 cm³/mol. The molecule has 0 aliphatic rings. The minimum absolute atomic E-state index is 0.0492. The van der Waals surface area contributed by atoms with E-state index < -0.39 is 0 Å². The SMILES string of the molecule is Cc1ccc(CC(N)c2ccnc(C)c2)c(Cl)c1. The van der Waals surface area contributed by atoms with E-state index in [-0.39, 0.29) is 6.04 Å².